The number of aliphatic hydroxyl groups is 1. The Bertz CT molecular complexity index is 524. The Hall–Kier alpha value is -0.830. The molecule has 102 valence electrons. The zero-order valence-corrected chi connectivity index (χ0v) is 10.4. The number of benzene rings is 1. The van der Waals surface area contributed by atoms with Crippen LogP contribution in [0, 0.1) is 5.82 Å². The predicted octanol–water partition coefficient (Wildman–Crippen LogP) is 1.38. The van der Waals surface area contributed by atoms with Crippen molar-refractivity contribution >= 4 is 21.6 Å². The molecule has 0 spiro atoms. The molecule has 0 aliphatic rings. The Kier molecular flexibility index (Phi) is 4.97. The quantitative estimate of drug-likeness (QED) is 0.864. The summed E-state index contributed by atoms with van der Waals surface area (Å²) in [5.74, 6) is -0.803. The zero-order chi connectivity index (χ0) is 13.9. The van der Waals surface area contributed by atoms with Crippen molar-refractivity contribution in [2.45, 2.75) is 17.4 Å². The molecule has 1 aromatic rings. The summed E-state index contributed by atoms with van der Waals surface area (Å²) in [6, 6.07) is 2.60. The number of alkyl halides is 2. The molecule has 0 saturated heterocycles. The second kappa shape index (κ2) is 5.87. The summed E-state index contributed by atoms with van der Waals surface area (Å²) < 4.78 is 61.7. The maximum atomic E-state index is 12.8. The van der Waals surface area contributed by atoms with E-state index in [9.17, 15) is 21.6 Å². The molecule has 0 aliphatic carbocycles. The van der Waals surface area contributed by atoms with Crippen LogP contribution in [0.5, 0.6) is 0 Å². The van der Waals surface area contributed by atoms with Crippen LogP contribution in [0.15, 0.2) is 23.1 Å². The van der Waals surface area contributed by atoms with Gasteiger partial charge in [-0.3, -0.25) is 0 Å². The SMILES string of the molecule is O=S(=O)(NCC(O)C(F)F)c1ccc(F)c(Cl)c1. The Morgan fingerprint density at radius 2 is 2.00 bits per heavy atom. The largest absolute Gasteiger partial charge is 0.386 e. The molecule has 1 atom stereocenters. The molecule has 0 amide bonds. The highest BCUT2D eigenvalue weighted by Gasteiger charge is 2.21. The topological polar surface area (TPSA) is 66.4 Å². The van der Waals surface area contributed by atoms with Crippen LogP contribution in [-0.4, -0.2) is 32.6 Å². The number of nitrogens with one attached hydrogen (secondary N) is 1. The van der Waals surface area contributed by atoms with Crippen LogP contribution >= 0.6 is 11.6 Å². The summed E-state index contributed by atoms with van der Waals surface area (Å²) >= 11 is 5.40. The van der Waals surface area contributed by atoms with Crippen LogP contribution in [0.1, 0.15) is 0 Å². The fraction of sp³-hybridized carbons (Fsp3) is 0.333. The summed E-state index contributed by atoms with van der Waals surface area (Å²) in [4.78, 5) is -0.379. The molecule has 0 saturated carbocycles. The van der Waals surface area contributed by atoms with Gasteiger partial charge in [-0.1, -0.05) is 11.6 Å². The van der Waals surface area contributed by atoms with Crippen molar-refractivity contribution in [1.29, 1.82) is 0 Å². The summed E-state index contributed by atoms with van der Waals surface area (Å²) in [5.41, 5.74) is 0. The minimum Gasteiger partial charge on any atom is -0.386 e. The summed E-state index contributed by atoms with van der Waals surface area (Å²) in [5, 5.41) is 8.36. The Morgan fingerprint density at radius 1 is 1.39 bits per heavy atom. The van der Waals surface area contributed by atoms with E-state index in [4.69, 9.17) is 16.7 Å². The van der Waals surface area contributed by atoms with E-state index >= 15 is 0 Å². The number of sulfonamides is 1. The lowest BCUT2D eigenvalue weighted by molar-refractivity contribution is -0.000451. The average molecular weight is 304 g/mol. The average Bonchev–Trinajstić information content (AvgIpc) is 2.29. The van der Waals surface area contributed by atoms with Gasteiger partial charge >= 0.3 is 0 Å². The summed E-state index contributed by atoms with van der Waals surface area (Å²) in [6.07, 6.45) is -5.18. The Labute approximate surface area is 106 Å². The molecule has 1 rings (SSSR count). The van der Waals surface area contributed by atoms with Gasteiger partial charge < -0.3 is 5.11 Å². The highest BCUT2D eigenvalue weighted by molar-refractivity contribution is 7.89. The normalized spacial score (nSPS) is 13.9. The van der Waals surface area contributed by atoms with E-state index < -0.39 is 39.9 Å². The van der Waals surface area contributed by atoms with E-state index in [0.717, 1.165) is 18.2 Å². The van der Waals surface area contributed by atoms with E-state index in [0.29, 0.717) is 0 Å². The van der Waals surface area contributed by atoms with Gasteiger partial charge in [0.2, 0.25) is 10.0 Å². The second-order valence-corrected chi connectivity index (χ2v) is 5.50. The molecular formula is C9H9ClF3NO3S. The van der Waals surface area contributed by atoms with Crippen LogP contribution in [0.3, 0.4) is 0 Å². The zero-order valence-electron chi connectivity index (χ0n) is 8.78. The third kappa shape index (κ3) is 3.84. The molecule has 0 aliphatic heterocycles. The van der Waals surface area contributed by atoms with Gasteiger partial charge in [0.15, 0.2) is 0 Å². The van der Waals surface area contributed by atoms with Crippen LogP contribution < -0.4 is 4.72 Å². The Balaban J connectivity index is 2.83. The monoisotopic (exact) mass is 303 g/mol. The van der Waals surface area contributed by atoms with Crippen molar-refractivity contribution in [3.05, 3.63) is 29.0 Å². The standard InChI is InChI=1S/C9H9ClF3NO3S/c10-6-3-5(1-2-7(6)11)18(16,17)14-4-8(15)9(12)13/h1-3,8-9,14-15H,4H2. The maximum absolute atomic E-state index is 12.8. The molecule has 2 N–H and O–H groups in total. The predicted molar refractivity (Wildman–Crippen MR) is 58.6 cm³/mol. The molecule has 0 aromatic heterocycles. The minimum absolute atomic E-state index is 0.379. The van der Waals surface area contributed by atoms with Crippen molar-refractivity contribution in [2.24, 2.45) is 0 Å². The number of halogens is 4. The smallest absolute Gasteiger partial charge is 0.265 e. The second-order valence-electron chi connectivity index (χ2n) is 3.33. The maximum Gasteiger partial charge on any atom is 0.265 e. The fourth-order valence-electron chi connectivity index (χ4n) is 1.01. The van der Waals surface area contributed by atoms with Crippen molar-refractivity contribution in [3.63, 3.8) is 0 Å². The molecule has 1 aromatic carbocycles. The van der Waals surface area contributed by atoms with E-state index in [1.807, 2.05) is 0 Å². The summed E-state index contributed by atoms with van der Waals surface area (Å²) in [7, 11) is -4.12. The van der Waals surface area contributed by atoms with Crippen molar-refractivity contribution in [2.75, 3.05) is 6.54 Å². The summed E-state index contributed by atoms with van der Waals surface area (Å²) in [6.45, 7) is -0.852. The molecule has 9 heteroatoms. The first-order chi connectivity index (χ1) is 8.24. The first kappa shape index (κ1) is 15.2. The lowest BCUT2D eigenvalue weighted by atomic mass is 10.3. The van der Waals surface area contributed by atoms with Crippen molar-refractivity contribution in [3.8, 4) is 0 Å². The van der Waals surface area contributed by atoms with Crippen molar-refractivity contribution < 1.29 is 26.7 Å². The van der Waals surface area contributed by atoms with Gasteiger partial charge in [0, 0.05) is 6.54 Å². The van der Waals surface area contributed by atoms with Crippen LogP contribution in [0.4, 0.5) is 13.2 Å². The fourth-order valence-corrected chi connectivity index (χ4v) is 2.33. The van der Waals surface area contributed by atoms with Gasteiger partial charge in [-0.2, -0.15) is 0 Å². The van der Waals surface area contributed by atoms with Gasteiger partial charge in [-0.15, -0.1) is 0 Å². The van der Waals surface area contributed by atoms with Crippen LogP contribution in [0.25, 0.3) is 0 Å². The van der Waals surface area contributed by atoms with E-state index in [-0.39, 0.29) is 4.90 Å². The molecule has 18 heavy (non-hydrogen) atoms. The lowest BCUT2D eigenvalue weighted by Crippen LogP contribution is -2.35. The van der Waals surface area contributed by atoms with Crippen molar-refractivity contribution in [1.82, 2.24) is 4.72 Å². The molecule has 0 heterocycles. The number of hydrogen-bond donors (Lipinski definition) is 2. The third-order valence-electron chi connectivity index (χ3n) is 1.97. The number of aliphatic hydroxyl groups excluding tert-OH is 1. The molecule has 0 radical (unpaired) electrons. The minimum atomic E-state index is -4.12. The van der Waals surface area contributed by atoms with Gasteiger partial charge in [-0.25, -0.2) is 26.3 Å². The third-order valence-corrected chi connectivity index (χ3v) is 3.69. The molecule has 0 bridgehead atoms. The molecule has 0 fully saturated rings. The highest BCUT2D eigenvalue weighted by Crippen LogP contribution is 2.19. The van der Waals surface area contributed by atoms with E-state index in [2.05, 4.69) is 0 Å². The number of hydrogen-bond acceptors (Lipinski definition) is 3. The van der Waals surface area contributed by atoms with E-state index in [1.54, 1.807) is 4.72 Å². The molecular weight excluding hydrogens is 295 g/mol. The van der Waals surface area contributed by atoms with Crippen LogP contribution in [-0.2, 0) is 10.0 Å². The number of rotatable bonds is 5. The Morgan fingerprint density at radius 3 is 2.50 bits per heavy atom. The molecule has 1 unspecified atom stereocenters. The molecule has 4 nitrogen and oxygen atoms in total. The highest BCUT2D eigenvalue weighted by atomic mass is 35.5. The van der Waals surface area contributed by atoms with E-state index in [1.165, 1.54) is 0 Å². The van der Waals surface area contributed by atoms with Gasteiger partial charge in [0.05, 0.1) is 9.92 Å². The van der Waals surface area contributed by atoms with Crippen LogP contribution in [0.2, 0.25) is 5.02 Å². The first-order valence-corrected chi connectivity index (χ1v) is 6.51. The van der Waals surface area contributed by atoms with Gasteiger partial charge in [0.25, 0.3) is 6.43 Å². The first-order valence-electron chi connectivity index (χ1n) is 4.65. The lowest BCUT2D eigenvalue weighted by Gasteiger charge is -2.11. The van der Waals surface area contributed by atoms with Gasteiger partial charge in [-0.05, 0) is 18.2 Å². The van der Waals surface area contributed by atoms with Gasteiger partial charge in [0.1, 0.15) is 11.9 Å².